The summed E-state index contributed by atoms with van der Waals surface area (Å²) < 4.78 is 0. The van der Waals surface area contributed by atoms with E-state index < -0.39 is 4.92 Å². The Kier molecular flexibility index (Phi) is 4.28. The number of halogens is 1. The lowest BCUT2D eigenvalue weighted by Gasteiger charge is -2.05. The van der Waals surface area contributed by atoms with Crippen LogP contribution in [-0.4, -0.2) is 21.4 Å². The van der Waals surface area contributed by atoms with Gasteiger partial charge in [0, 0.05) is 30.1 Å². The monoisotopic (exact) mass is 298 g/mol. The van der Waals surface area contributed by atoms with Gasteiger partial charge in [0.1, 0.15) is 5.15 Å². The Balaban J connectivity index is 2.02. The Labute approximate surface area is 118 Å². The number of hydrogen-bond acceptors (Lipinski definition) is 6. The SMILES string of the molecule is Cc1csc(CCNc2nc(Cl)ccc2[N+](=O)[O-])n1. The van der Waals surface area contributed by atoms with E-state index in [1.807, 2.05) is 12.3 Å². The fourth-order valence-electron chi connectivity index (χ4n) is 1.51. The second kappa shape index (κ2) is 5.94. The fourth-order valence-corrected chi connectivity index (χ4v) is 2.43. The third kappa shape index (κ3) is 3.62. The van der Waals surface area contributed by atoms with Gasteiger partial charge in [0.2, 0.25) is 5.82 Å². The summed E-state index contributed by atoms with van der Waals surface area (Å²) in [5.74, 6) is 0.186. The lowest BCUT2D eigenvalue weighted by atomic mass is 10.3. The molecule has 2 heterocycles. The van der Waals surface area contributed by atoms with E-state index in [1.165, 1.54) is 12.1 Å². The van der Waals surface area contributed by atoms with Gasteiger partial charge in [-0.3, -0.25) is 10.1 Å². The summed E-state index contributed by atoms with van der Waals surface area (Å²) in [5, 5.41) is 16.9. The van der Waals surface area contributed by atoms with Crippen LogP contribution < -0.4 is 5.32 Å². The Hall–Kier alpha value is -1.73. The number of nitrogens with one attached hydrogen (secondary N) is 1. The molecule has 0 aliphatic carbocycles. The quantitative estimate of drug-likeness (QED) is 0.521. The lowest BCUT2D eigenvalue weighted by Crippen LogP contribution is -2.08. The third-order valence-electron chi connectivity index (χ3n) is 2.33. The normalized spacial score (nSPS) is 10.4. The molecule has 0 saturated carbocycles. The van der Waals surface area contributed by atoms with Crippen LogP contribution >= 0.6 is 22.9 Å². The van der Waals surface area contributed by atoms with Crippen LogP contribution in [0.25, 0.3) is 0 Å². The zero-order chi connectivity index (χ0) is 13.8. The number of pyridine rings is 1. The summed E-state index contributed by atoms with van der Waals surface area (Å²) in [7, 11) is 0. The molecule has 100 valence electrons. The number of rotatable bonds is 5. The van der Waals surface area contributed by atoms with E-state index in [1.54, 1.807) is 11.3 Å². The van der Waals surface area contributed by atoms with Crippen molar-refractivity contribution in [3.63, 3.8) is 0 Å². The van der Waals surface area contributed by atoms with Gasteiger partial charge in [-0.05, 0) is 13.0 Å². The summed E-state index contributed by atoms with van der Waals surface area (Å²) in [5.41, 5.74) is 0.895. The van der Waals surface area contributed by atoms with Gasteiger partial charge in [-0.1, -0.05) is 11.6 Å². The van der Waals surface area contributed by atoms with E-state index in [9.17, 15) is 10.1 Å². The summed E-state index contributed by atoms with van der Waals surface area (Å²) in [4.78, 5) is 18.6. The van der Waals surface area contributed by atoms with Gasteiger partial charge in [0.25, 0.3) is 0 Å². The van der Waals surface area contributed by atoms with E-state index >= 15 is 0 Å². The van der Waals surface area contributed by atoms with Crippen LogP contribution in [0, 0.1) is 17.0 Å². The van der Waals surface area contributed by atoms with Crippen LogP contribution in [-0.2, 0) is 6.42 Å². The number of aryl methyl sites for hydroxylation is 1. The molecular weight excluding hydrogens is 288 g/mol. The predicted octanol–water partition coefficient (Wildman–Crippen LogP) is 3.06. The topological polar surface area (TPSA) is 81.0 Å². The van der Waals surface area contributed by atoms with Gasteiger partial charge in [-0.25, -0.2) is 9.97 Å². The number of thiazole rings is 1. The van der Waals surface area contributed by atoms with Gasteiger partial charge in [-0.2, -0.15) is 0 Å². The van der Waals surface area contributed by atoms with Crippen molar-refractivity contribution in [2.75, 3.05) is 11.9 Å². The van der Waals surface area contributed by atoms with Gasteiger partial charge >= 0.3 is 5.69 Å². The van der Waals surface area contributed by atoms with Crippen molar-refractivity contribution < 1.29 is 4.92 Å². The minimum atomic E-state index is -0.487. The molecule has 19 heavy (non-hydrogen) atoms. The van der Waals surface area contributed by atoms with E-state index in [4.69, 9.17) is 11.6 Å². The van der Waals surface area contributed by atoms with Gasteiger partial charge in [-0.15, -0.1) is 11.3 Å². The minimum Gasteiger partial charge on any atom is -0.364 e. The molecule has 0 aliphatic heterocycles. The highest BCUT2D eigenvalue weighted by molar-refractivity contribution is 7.09. The maximum absolute atomic E-state index is 10.8. The molecular formula is C11H11ClN4O2S. The average Bonchev–Trinajstić information content (AvgIpc) is 2.75. The molecule has 2 rings (SSSR count). The number of aromatic nitrogens is 2. The standard InChI is InChI=1S/C11H11ClN4O2S/c1-7-6-19-10(14-7)4-5-13-11-8(16(17)18)2-3-9(12)15-11/h2-3,6H,4-5H2,1H3,(H,13,15). The second-order valence-electron chi connectivity index (χ2n) is 3.82. The Bertz CT molecular complexity index is 602. The Morgan fingerprint density at radius 1 is 1.47 bits per heavy atom. The molecule has 0 amide bonds. The first-order chi connectivity index (χ1) is 9.06. The molecule has 0 aliphatic rings. The molecule has 0 saturated heterocycles. The Morgan fingerprint density at radius 3 is 2.89 bits per heavy atom. The molecule has 0 radical (unpaired) electrons. The van der Waals surface area contributed by atoms with Crippen molar-refractivity contribution in [1.29, 1.82) is 0 Å². The highest BCUT2D eigenvalue weighted by atomic mass is 35.5. The van der Waals surface area contributed by atoms with Crippen LogP contribution in [0.5, 0.6) is 0 Å². The number of nitro groups is 1. The molecule has 0 atom stereocenters. The minimum absolute atomic E-state index is 0.0836. The summed E-state index contributed by atoms with van der Waals surface area (Å²) >= 11 is 7.30. The first kappa shape index (κ1) is 13.7. The van der Waals surface area contributed by atoms with E-state index in [-0.39, 0.29) is 16.7 Å². The van der Waals surface area contributed by atoms with Gasteiger partial charge in [0.15, 0.2) is 0 Å². The van der Waals surface area contributed by atoms with Crippen molar-refractivity contribution in [2.45, 2.75) is 13.3 Å². The zero-order valence-electron chi connectivity index (χ0n) is 10.1. The molecule has 8 heteroatoms. The smallest absolute Gasteiger partial charge is 0.311 e. The second-order valence-corrected chi connectivity index (χ2v) is 5.15. The number of hydrogen-bond donors (Lipinski definition) is 1. The average molecular weight is 299 g/mol. The van der Waals surface area contributed by atoms with Crippen molar-refractivity contribution in [3.05, 3.63) is 43.5 Å². The fraction of sp³-hybridized carbons (Fsp3) is 0.273. The highest BCUT2D eigenvalue weighted by Crippen LogP contribution is 2.23. The highest BCUT2D eigenvalue weighted by Gasteiger charge is 2.15. The first-order valence-corrected chi connectivity index (χ1v) is 6.78. The first-order valence-electron chi connectivity index (χ1n) is 5.52. The summed E-state index contributed by atoms with van der Waals surface area (Å²) in [6.45, 7) is 2.44. The third-order valence-corrected chi connectivity index (χ3v) is 3.57. The molecule has 2 aromatic rings. The molecule has 0 fully saturated rings. The molecule has 0 aromatic carbocycles. The maximum Gasteiger partial charge on any atom is 0.311 e. The summed E-state index contributed by atoms with van der Waals surface area (Å²) in [6.07, 6.45) is 0.684. The molecule has 0 unspecified atom stereocenters. The van der Waals surface area contributed by atoms with Gasteiger partial charge in [0.05, 0.1) is 9.93 Å². The van der Waals surface area contributed by atoms with Crippen LogP contribution in [0.3, 0.4) is 0 Å². The van der Waals surface area contributed by atoms with Crippen molar-refractivity contribution in [2.24, 2.45) is 0 Å². The maximum atomic E-state index is 10.8. The zero-order valence-corrected chi connectivity index (χ0v) is 11.7. The van der Waals surface area contributed by atoms with Crippen molar-refractivity contribution in [1.82, 2.24) is 9.97 Å². The van der Waals surface area contributed by atoms with Crippen LogP contribution in [0.15, 0.2) is 17.5 Å². The van der Waals surface area contributed by atoms with Crippen LogP contribution in [0.1, 0.15) is 10.7 Å². The van der Waals surface area contributed by atoms with Crippen LogP contribution in [0.4, 0.5) is 11.5 Å². The molecule has 0 spiro atoms. The molecule has 1 N–H and O–H groups in total. The van der Waals surface area contributed by atoms with E-state index in [0.29, 0.717) is 13.0 Å². The van der Waals surface area contributed by atoms with Gasteiger partial charge < -0.3 is 5.32 Å². The van der Waals surface area contributed by atoms with E-state index in [0.717, 1.165) is 10.7 Å². The number of nitrogens with zero attached hydrogens (tertiary/aromatic N) is 3. The van der Waals surface area contributed by atoms with Crippen molar-refractivity contribution in [3.8, 4) is 0 Å². The van der Waals surface area contributed by atoms with E-state index in [2.05, 4.69) is 15.3 Å². The summed E-state index contributed by atoms with van der Waals surface area (Å²) in [6, 6.07) is 2.74. The molecule has 6 nitrogen and oxygen atoms in total. The largest absolute Gasteiger partial charge is 0.364 e. The Morgan fingerprint density at radius 2 is 2.26 bits per heavy atom. The lowest BCUT2D eigenvalue weighted by molar-refractivity contribution is -0.384. The molecule has 0 bridgehead atoms. The molecule has 2 aromatic heterocycles. The predicted molar refractivity (Wildman–Crippen MR) is 74.9 cm³/mol. The van der Waals surface area contributed by atoms with Crippen molar-refractivity contribution >= 4 is 34.4 Å². The number of anilines is 1. The van der Waals surface area contributed by atoms with Crippen LogP contribution in [0.2, 0.25) is 5.15 Å².